The third kappa shape index (κ3) is 4.11. The van der Waals surface area contributed by atoms with Crippen LogP contribution < -0.4 is 10.2 Å². The van der Waals surface area contributed by atoms with Gasteiger partial charge in [-0.3, -0.25) is 9.59 Å². The molecule has 0 spiro atoms. The third-order valence-electron chi connectivity index (χ3n) is 3.92. The maximum atomic E-state index is 13.9. The lowest BCUT2D eigenvalue weighted by Crippen LogP contribution is -2.28. The number of hydrogen-bond donors (Lipinski definition) is 1. The summed E-state index contributed by atoms with van der Waals surface area (Å²) in [6.07, 6.45) is -0.112. The van der Waals surface area contributed by atoms with E-state index >= 15 is 0 Å². The fourth-order valence-corrected chi connectivity index (χ4v) is 3.34. The number of halogens is 2. The number of nitrogens with zero attached hydrogens (tertiary/aromatic N) is 2. The molecule has 1 fully saturated rings. The summed E-state index contributed by atoms with van der Waals surface area (Å²) in [4.78, 5) is 41.2. The van der Waals surface area contributed by atoms with Gasteiger partial charge in [0.15, 0.2) is 10.8 Å². The number of anilines is 2. The van der Waals surface area contributed by atoms with Gasteiger partial charge in [-0.1, -0.05) is 0 Å². The minimum Gasteiger partial charge on any atom is -0.461 e. The van der Waals surface area contributed by atoms with E-state index in [1.165, 1.54) is 5.38 Å². The molecule has 0 aliphatic carbocycles. The van der Waals surface area contributed by atoms with Gasteiger partial charge in [-0.25, -0.2) is 18.6 Å². The molecule has 142 valence electrons. The molecular weight excluding hydrogens is 380 g/mol. The first-order valence-electron chi connectivity index (χ1n) is 8.08. The lowest BCUT2D eigenvalue weighted by Gasteiger charge is -2.17. The summed E-state index contributed by atoms with van der Waals surface area (Å²) in [5.41, 5.74) is 0.00482. The zero-order valence-corrected chi connectivity index (χ0v) is 15.0. The van der Waals surface area contributed by atoms with Gasteiger partial charge in [0.2, 0.25) is 11.8 Å². The van der Waals surface area contributed by atoms with Gasteiger partial charge < -0.3 is 15.0 Å². The van der Waals surface area contributed by atoms with E-state index in [4.69, 9.17) is 4.74 Å². The molecule has 7 nitrogen and oxygen atoms in total. The Balaban J connectivity index is 1.66. The first kappa shape index (κ1) is 18.9. The standard InChI is InChI=1S/C17H15F2N3O4S/c1-2-26-16(25)12-8-27-17(20-12)21-15(24)9-5-14(23)22(7-9)13-4-3-10(18)6-11(13)19/h3-4,6,8-9H,2,5,7H2,1H3,(H,20,21,24). The van der Waals surface area contributed by atoms with Gasteiger partial charge >= 0.3 is 5.97 Å². The summed E-state index contributed by atoms with van der Waals surface area (Å²) in [7, 11) is 0. The second-order valence-electron chi connectivity index (χ2n) is 5.75. The summed E-state index contributed by atoms with van der Waals surface area (Å²) in [6, 6.07) is 2.89. The van der Waals surface area contributed by atoms with Crippen molar-refractivity contribution in [2.45, 2.75) is 13.3 Å². The molecule has 1 unspecified atom stereocenters. The molecule has 1 aromatic carbocycles. The van der Waals surface area contributed by atoms with Crippen LogP contribution in [0, 0.1) is 17.6 Å². The smallest absolute Gasteiger partial charge is 0.357 e. The predicted molar refractivity (Wildman–Crippen MR) is 93.5 cm³/mol. The predicted octanol–water partition coefficient (Wildman–Crippen LogP) is 2.59. The molecule has 2 aromatic rings. The van der Waals surface area contributed by atoms with Gasteiger partial charge in [-0.05, 0) is 19.1 Å². The Morgan fingerprint density at radius 2 is 2.19 bits per heavy atom. The molecular formula is C17H15F2N3O4S. The second kappa shape index (κ2) is 7.78. The molecule has 27 heavy (non-hydrogen) atoms. The van der Waals surface area contributed by atoms with Gasteiger partial charge in [-0.15, -0.1) is 11.3 Å². The number of benzene rings is 1. The number of carbonyl (C=O) groups is 3. The highest BCUT2D eigenvalue weighted by Crippen LogP contribution is 2.29. The van der Waals surface area contributed by atoms with Gasteiger partial charge in [0.25, 0.3) is 0 Å². The van der Waals surface area contributed by atoms with Crippen molar-refractivity contribution in [2.24, 2.45) is 5.92 Å². The Labute approximate surface area is 157 Å². The van der Waals surface area contributed by atoms with Crippen LogP contribution in [0.5, 0.6) is 0 Å². The van der Waals surface area contributed by atoms with Crippen LogP contribution in [0.25, 0.3) is 0 Å². The highest BCUT2D eigenvalue weighted by molar-refractivity contribution is 7.14. The number of nitrogens with one attached hydrogen (secondary N) is 1. The number of hydrogen-bond acceptors (Lipinski definition) is 6. The number of aromatic nitrogens is 1. The Hall–Kier alpha value is -2.88. The number of amides is 2. The highest BCUT2D eigenvalue weighted by atomic mass is 32.1. The van der Waals surface area contributed by atoms with E-state index in [9.17, 15) is 23.2 Å². The zero-order chi connectivity index (χ0) is 19.6. The number of esters is 1. The number of carbonyl (C=O) groups excluding carboxylic acids is 3. The van der Waals surface area contributed by atoms with Crippen molar-refractivity contribution in [3.63, 3.8) is 0 Å². The first-order chi connectivity index (χ1) is 12.9. The van der Waals surface area contributed by atoms with Gasteiger partial charge in [0.05, 0.1) is 18.2 Å². The normalized spacial score (nSPS) is 16.5. The molecule has 1 aromatic heterocycles. The van der Waals surface area contributed by atoms with Crippen LogP contribution in [0.1, 0.15) is 23.8 Å². The lowest BCUT2D eigenvalue weighted by atomic mass is 10.1. The molecule has 1 atom stereocenters. The van der Waals surface area contributed by atoms with E-state index in [0.717, 1.165) is 28.4 Å². The summed E-state index contributed by atoms with van der Waals surface area (Å²) < 4.78 is 31.8. The van der Waals surface area contributed by atoms with Crippen LogP contribution in [0.2, 0.25) is 0 Å². The molecule has 1 saturated heterocycles. The Morgan fingerprint density at radius 1 is 1.41 bits per heavy atom. The molecule has 10 heteroatoms. The Kier molecular flexibility index (Phi) is 5.45. The van der Waals surface area contributed by atoms with Gasteiger partial charge in [-0.2, -0.15) is 0 Å². The van der Waals surface area contributed by atoms with Crippen molar-refractivity contribution in [1.82, 2.24) is 4.98 Å². The highest BCUT2D eigenvalue weighted by Gasteiger charge is 2.36. The summed E-state index contributed by atoms with van der Waals surface area (Å²) in [5.74, 6) is -3.85. The molecule has 1 aliphatic rings. The molecule has 2 heterocycles. The summed E-state index contributed by atoms with van der Waals surface area (Å²) >= 11 is 1.05. The van der Waals surface area contributed by atoms with E-state index in [-0.39, 0.29) is 36.1 Å². The summed E-state index contributed by atoms with van der Waals surface area (Å²) in [5, 5.41) is 4.19. The Bertz CT molecular complexity index is 902. The number of ether oxygens (including phenoxy) is 1. The topological polar surface area (TPSA) is 88.6 Å². The SMILES string of the molecule is CCOC(=O)c1csc(NC(=O)C2CC(=O)N(c3ccc(F)cc3F)C2)n1. The fraction of sp³-hybridized carbons (Fsp3) is 0.294. The number of rotatable bonds is 5. The van der Waals surface area contributed by atoms with E-state index in [2.05, 4.69) is 10.3 Å². The van der Waals surface area contributed by atoms with Crippen LogP contribution in [0.3, 0.4) is 0 Å². The fourth-order valence-electron chi connectivity index (χ4n) is 2.65. The maximum absolute atomic E-state index is 13.9. The largest absolute Gasteiger partial charge is 0.461 e. The van der Waals surface area contributed by atoms with E-state index in [1.807, 2.05) is 0 Å². The van der Waals surface area contributed by atoms with Crippen molar-refractivity contribution in [2.75, 3.05) is 23.4 Å². The number of thiazole rings is 1. The van der Waals surface area contributed by atoms with Crippen molar-refractivity contribution < 1.29 is 27.9 Å². The zero-order valence-electron chi connectivity index (χ0n) is 14.2. The van der Waals surface area contributed by atoms with E-state index in [0.29, 0.717) is 6.07 Å². The lowest BCUT2D eigenvalue weighted by molar-refractivity contribution is -0.122. The maximum Gasteiger partial charge on any atom is 0.357 e. The average Bonchev–Trinajstić information content (AvgIpc) is 3.22. The molecule has 3 rings (SSSR count). The quantitative estimate of drug-likeness (QED) is 0.786. The average molecular weight is 395 g/mol. The van der Waals surface area contributed by atoms with Crippen LogP contribution >= 0.6 is 11.3 Å². The molecule has 0 saturated carbocycles. The first-order valence-corrected chi connectivity index (χ1v) is 8.96. The van der Waals surface area contributed by atoms with Crippen molar-refractivity contribution in [3.8, 4) is 0 Å². The van der Waals surface area contributed by atoms with Crippen molar-refractivity contribution >= 4 is 39.9 Å². The van der Waals surface area contributed by atoms with Crippen LogP contribution in [0.15, 0.2) is 23.6 Å². The molecule has 1 N–H and O–H groups in total. The van der Waals surface area contributed by atoms with Gasteiger partial charge in [0, 0.05) is 24.4 Å². The van der Waals surface area contributed by atoms with Crippen LogP contribution in [-0.2, 0) is 14.3 Å². The van der Waals surface area contributed by atoms with Crippen LogP contribution in [-0.4, -0.2) is 35.9 Å². The molecule has 2 amide bonds. The van der Waals surface area contributed by atoms with E-state index < -0.39 is 35.3 Å². The molecule has 0 bridgehead atoms. The second-order valence-corrected chi connectivity index (χ2v) is 6.61. The molecule has 1 aliphatic heterocycles. The minimum atomic E-state index is -0.872. The van der Waals surface area contributed by atoms with Crippen molar-refractivity contribution in [3.05, 3.63) is 40.9 Å². The minimum absolute atomic E-state index is 0.0384. The molecule has 0 radical (unpaired) electrons. The summed E-state index contributed by atoms with van der Waals surface area (Å²) in [6.45, 7) is 1.83. The van der Waals surface area contributed by atoms with Crippen molar-refractivity contribution in [1.29, 1.82) is 0 Å². The Morgan fingerprint density at radius 3 is 2.89 bits per heavy atom. The van der Waals surface area contributed by atoms with Crippen LogP contribution in [0.4, 0.5) is 19.6 Å². The van der Waals surface area contributed by atoms with Gasteiger partial charge in [0.1, 0.15) is 11.6 Å². The third-order valence-corrected chi connectivity index (χ3v) is 4.67. The van der Waals surface area contributed by atoms with E-state index in [1.54, 1.807) is 6.92 Å². The monoisotopic (exact) mass is 395 g/mol.